The Hall–Kier alpha value is -4.17. The number of amides is 2. The Morgan fingerprint density at radius 1 is 0.912 bits per heavy atom. The molecule has 4 aromatic carbocycles. The molecule has 2 amide bonds. The highest BCUT2D eigenvalue weighted by molar-refractivity contribution is 7.92. The molecule has 0 atom stereocenters. The zero-order valence-electron chi connectivity index (χ0n) is 18.3. The van der Waals surface area contributed by atoms with Crippen LogP contribution < -0.4 is 14.9 Å². The molecule has 4 aromatic rings. The van der Waals surface area contributed by atoms with Gasteiger partial charge in [0.1, 0.15) is 0 Å². The van der Waals surface area contributed by atoms with E-state index in [1.54, 1.807) is 59.5 Å². The molecule has 2 N–H and O–H groups in total. The quantitative estimate of drug-likeness (QED) is 0.419. The van der Waals surface area contributed by atoms with Gasteiger partial charge >= 0.3 is 0 Å². The molecule has 0 saturated heterocycles. The molecule has 0 radical (unpaired) electrons. The van der Waals surface area contributed by atoms with E-state index in [0.717, 1.165) is 16.5 Å². The van der Waals surface area contributed by atoms with Gasteiger partial charge in [-0.2, -0.15) is 0 Å². The van der Waals surface area contributed by atoms with Crippen molar-refractivity contribution in [1.29, 1.82) is 0 Å². The molecule has 0 spiro atoms. The molecule has 0 bridgehead atoms. The van der Waals surface area contributed by atoms with E-state index in [4.69, 9.17) is 0 Å². The minimum atomic E-state index is -3.78. The van der Waals surface area contributed by atoms with E-state index in [0.29, 0.717) is 23.4 Å². The van der Waals surface area contributed by atoms with Gasteiger partial charge in [-0.05, 0) is 55.5 Å². The third kappa shape index (κ3) is 3.68. The number of nitrogens with zero attached hydrogens (tertiary/aromatic N) is 1. The fourth-order valence-corrected chi connectivity index (χ4v) is 5.27. The lowest BCUT2D eigenvalue weighted by atomic mass is 10.0. The second-order valence-corrected chi connectivity index (χ2v) is 9.55. The summed E-state index contributed by atoms with van der Waals surface area (Å²) < 4.78 is 27.8. The highest BCUT2D eigenvalue weighted by Gasteiger charge is 2.29. The topological polar surface area (TPSA) is 95.6 Å². The van der Waals surface area contributed by atoms with E-state index in [1.165, 1.54) is 18.2 Å². The number of benzene rings is 4. The van der Waals surface area contributed by atoms with Gasteiger partial charge in [0, 0.05) is 39.8 Å². The number of hydrogen-bond donors (Lipinski definition) is 2. The zero-order valence-corrected chi connectivity index (χ0v) is 19.1. The maximum Gasteiger partial charge on any atom is 0.261 e. The van der Waals surface area contributed by atoms with Gasteiger partial charge in [-0.15, -0.1) is 0 Å². The molecule has 0 aliphatic carbocycles. The SMILES string of the molecule is CCN1C(=O)c2cccc3c(NC(=O)c4cccc(NS(=O)(=O)c5ccccc5)c4)ccc1c23. The summed E-state index contributed by atoms with van der Waals surface area (Å²) in [5.74, 6) is -0.442. The summed E-state index contributed by atoms with van der Waals surface area (Å²) in [6, 6.07) is 23.4. The normalized spacial score (nSPS) is 12.7. The van der Waals surface area contributed by atoms with Gasteiger partial charge < -0.3 is 10.2 Å². The van der Waals surface area contributed by atoms with E-state index in [2.05, 4.69) is 10.0 Å². The number of anilines is 3. The van der Waals surface area contributed by atoms with Gasteiger partial charge in [0.2, 0.25) is 0 Å². The Morgan fingerprint density at radius 3 is 2.44 bits per heavy atom. The molecular formula is C26H21N3O4S. The lowest BCUT2D eigenvalue weighted by Crippen LogP contribution is -2.25. The van der Waals surface area contributed by atoms with Gasteiger partial charge in [0.15, 0.2) is 0 Å². The highest BCUT2D eigenvalue weighted by Crippen LogP contribution is 2.40. The van der Waals surface area contributed by atoms with Crippen molar-refractivity contribution in [3.05, 3.63) is 96.1 Å². The molecule has 0 saturated carbocycles. The zero-order chi connectivity index (χ0) is 23.9. The molecule has 0 unspecified atom stereocenters. The summed E-state index contributed by atoms with van der Waals surface area (Å²) in [5.41, 5.74) is 2.59. The minimum Gasteiger partial charge on any atom is -0.321 e. The average Bonchev–Trinajstić information content (AvgIpc) is 3.13. The van der Waals surface area contributed by atoms with Crippen LogP contribution >= 0.6 is 0 Å². The Morgan fingerprint density at radius 2 is 1.68 bits per heavy atom. The first kappa shape index (κ1) is 21.7. The number of carbonyl (C=O) groups is 2. The van der Waals surface area contributed by atoms with Crippen molar-refractivity contribution in [3.8, 4) is 0 Å². The van der Waals surface area contributed by atoms with E-state index in [9.17, 15) is 18.0 Å². The Bertz CT molecular complexity index is 1550. The number of hydrogen-bond acceptors (Lipinski definition) is 4. The second-order valence-electron chi connectivity index (χ2n) is 7.86. The Balaban J connectivity index is 1.43. The fourth-order valence-electron chi connectivity index (χ4n) is 4.20. The lowest BCUT2D eigenvalue weighted by molar-refractivity contribution is 0.0992. The summed E-state index contributed by atoms with van der Waals surface area (Å²) in [5, 5.41) is 4.49. The van der Waals surface area contributed by atoms with Crippen molar-refractivity contribution in [1.82, 2.24) is 0 Å². The van der Waals surface area contributed by atoms with E-state index < -0.39 is 15.9 Å². The summed E-state index contributed by atoms with van der Waals surface area (Å²) in [6.45, 7) is 2.48. The molecule has 1 aliphatic rings. The number of rotatable bonds is 6. The van der Waals surface area contributed by atoms with Gasteiger partial charge in [-0.1, -0.05) is 36.4 Å². The number of sulfonamides is 1. The molecule has 0 fully saturated rings. The Labute approximate surface area is 197 Å². The molecule has 1 heterocycles. The van der Waals surface area contributed by atoms with Crippen LogP contribution in [0.4, 0.5) is 17.1 Å². The maximum absolute atomic E-state index is 13.1. The van der Waals surface area contributed by atoms with E-state index in [1.807, 2.05) is 19.1 Å². The van der Waals surface area contributed by atoms with Crippen LogP contribution in [0.1, 0.15) is 27.6 Å². The van der Waals surface area contributed by atoms with Crippen molar-refractivity contribution in [2.45, 2.75) is 11.8 Å². The summed E-state index contributed by atoms with van der Waals surface area (Å²) in [7, 11) is -3.78. The van der Waals surface area contributed by atoms with Crippen molar-refractivity contribution >= 4 is 49.7 Å². The Kier molecular flexibility index (Phi) is 5.30. The van der Waals surface area contributed by atoms with Crippen LogP contribution in [0.25, 0.3) is 10.8 Å². The second kappa shape index (κ2) is 8.31. The number of carbonyl (C=O) groups excluding carboxylic acids is 2. The first-order valence-electron chi connectivity index (χ1n) is 10.8. The third-order valence-corrected chi connectivity index (χ3v) is 7.18. The summed E-state index contributed by atoms with van der Waals surface area (Å²) in [4.78, 5) is 27.6. The maximum atomic E-state index is 13.1. The average molecular weight is 472 g/mol. The van der Waals surface area contributed by atoms with Crippen LogP contribution in [0.5, 0.6) is 0 Å². The van der Waals surface area contributed by atoms with E-state index >= 15 is 0 Å². The monoisotopic (exact) mass is 471 g/mol. The molecule has 5 rings (SSSR count). The van der Waals surface area contributed by atoms with Crippen LogP contribution in [0.3, 0.4) is 0 Å². The standard InChI is InChI=1S/C26H21N3O4S/c1-2-29-23-15-14-22(20-12-7-13-21(24(20)23)26(29)31)27-25(30)17-8-6-9-18(16-17)28-34(32,33)19-10-4-3-5-11-19/h3-16,28H,2H2,1H3,(H,27,30). The molecule has 8 heteroatoms. The molecule has 1 aliphatic heterocycles. The predicted octanol–water partition coefficient (Wildman–Crippen LogP) is 4.87. The first-order chi connectivity index (χ1) is 16.4. The van der Waals surface area contributed by atoms with Crippen LogP contribution in [0.2, 0.25) is 0 Å². The highest BCUT2D eigenvalue weighted by atomic mass is 32.2. The van der Waals surface area contributed by atoms with Gasteiger partial charge in [0.05, 0.1) is 10.6 Å². The summed E-state index contributed by atoms with van der Waals surface area (Å²) in [6.07, 6.45) is 0. The van der Waals surface area contributed by atoms with Crippen LogP contribution in [-0.4, -0.2) is 26.8 Å². The number of nitrogens with one attached hydrogen (secondary N) is 2. The van der Waals surface area contributed by atoms with Crippen molar-refractivity contribution in [2.24, 2.45) is 0 Å². The molecule has 34 heavy (non-hydrogen) atoms. The van der Waals surface area contributed by atoms with E-state index in [-0.39, 0.29) is 16.5 Å². The summed E-state index contributed by atoms with van der Waals surface area (Å²) >= 11 is 0. The molecular weight excluding hydrogens is 450 g/mol. The van der Waals surface area contributed by atoms with Crippen molar-refractivity contribution in [3.63, 3.8) is 0 Å². The predicted molar refractivity (Wildman–Crippen MR) is 133 cm³/mol. The van der Waals surface area contributed by atoms with Crippen LogP contribution in [0, 0.1) is 0 Å². The molecule has 7 nitrogen and oxygen atoms in total. The van der Waals surface area contributed by atoms with Crippen molar-refractivity contribution < 1.29 is 18.0 Å². The van der Waals surface area contributed by atoms with Crippen LogP contribution in [0.15, 0.2) is 89.8 Å². The smallest absolute Gasteiger partial charge is 0.261 e. The first-order valence-corrected chi connectivity index (χ1v) is 12.2. The fraction of sp³-hybridized carbons (Fsp3) is 0.0769. The lowest BCUT2D eigenvalue weighted by Gasteiger charge is -2.16. The largest absolute Gasteiger partial charge is 0.321 e. The van der Waals surface area contributed by atoms with Gasteiger partial charge in [-0.3, -0.25) is 14.3 Å². The van der Waals surface area contributed by atoms with Crippen molar-refractivity contribution in [2.75, 3.05) is 21.5 Å². The molecule has 0 aromatic heterocycles. The van der Waals surface area contributed by atoms with Crippen LogP contribution in [-0.2, 0) is 10.0 Å². The molecule has 170 valence electrons. The van der Waals surface area contributed by atoms with Gasteiger partial charge in [-0.25, -0.2) is 8.42 Å². The third-order valence-electron chi connectivity index (χ3n) is 5.78. The minimum absolute atomic E-state index is 0.0509. The van der Waals surface area contributed by atoms with Gasteiger partial charge in [0.25, 0.3) is 21.8 Å².